The van der Waals surface area contributed by atoms with Gasteiger partial charge in [0.2, 0.25) is 0 Å². The van der Waals surface area contributed by atoms with Gasteiger partial charge < -0.3 is 15.7 Å². The predicted octanol–water partition coefficient (Wildman–Crippen LogP) is 6.91. The molecular formula is C31H38N4O. The van der Waals surface area contributed by atoms with E-state index in [4.69, 9.17) is 4.98 Å². The Labute approximate surface area is 214 Å². The van der Waals surface area contributed by atoms with E-state index in [1.807, 2.05) is 24.3 Å². The number of phenols is 1. The van der Waals surface area contributed by atoms with Crippen LogP contribution in [0.25, 0.3) is 21.8 Å². The van der Waals surface area contributed by atoms with E-state index < -0.39 is 0 Å². The SMILES string of the molecule is Oc1c(CNCCCCCCCCNc2c3c(nc4ccccc24)CCCC3)ccc2cccnc12. The van der Waals surface area contributed by atoms with Crippen LogP contribution in [-0.2, 0) is 19.4 Å². The van der Waals surface area contributed by atoms with Crippen molar-refractivity contribution in [2.45, 2.75) is 70.8 Å². The van der Waals surface area contributed by atoms with Crippen molar-refractivity contribution in [3.8, 4) is 5.75 Å². The highest BCUT2D eigenvalue weighted by Crippen LogP contribution is 2.33. The van der Waals surface area contributed by atoms with E-state index in [0.29, 0.717) is 17.8 Å². The minimum Gasteiger partial charge on any atom is -0.505 e. The molecule has 2 heterocycles. The second-order valence-electron chi connectivity index (χ2n) is 10.0. The van der Waals surface area contributed by atoms with Crippen molar-refractivity contribution in [1.29, 1.82) is 0 Å². The monoisotopic (exact) mass is 482 g/mol. The Morgan fingerprint density at radius 3 is 2.53 bits per heavy atom. The van der Waals surface area contributed by atoms with Crippen LogP contribution in [0.15, 0.2) is 54.7 Å². The van der Waals surface area contributed by atoms with Crippen LogP contribution >= 0.6 is 0 Å². The first-order valence-electron chi connectivity index (χ1n) is 13.7. The third-order valence-corrected chi connectivity index (χ3v) is 7.40. The zero-order valence-corrected chi connectivity index (χ0v) is 21.2. The standard InChI is InChI=1S/C31H38N4O/c36-31-24(18-17-23-12-11-21-33-29(23)31)22-32-19-9-3-1-2-4-10-20-34-30-25-13-5-7-15-27(25)35-28-16-8-6-14-26(28)30/h5,7,11-13,15,17-18,21,32,36H,1-4,6,8-10,14,16,19-20,22H2,(H,34,35). The fourth-order valence-electron chi connectivity index (χ4n) is 5.41. The number of rotatable bonds is 12. The molecule has 2 aromatic heterocycles. The number of anilines is 1. The lowest BCUT2D eigenvalue weighted by molar-refractivity contribution is 0.468. The summed E-state index contributed by atoms with van der Waals surface area (Å²) in [5.41, 5.74) is 6.83. The van der Waals surface area contributed by atoms with Crippen molar-refractivity contribution >= 4 is 27.5 Å². The van der Waals surface area contributed by atoms with Crippen LogP contribution in [0.4, 0.5) is 5.69 Å². The van der Waals surface area contributed by atoms with Crippen LogP contribution in [0.3, 0.4) is 0 Å². The molecule has 1 aliphatic carbocycles. The summed E-state index contributed by atoms with van der Waals surface area (Å²) in [4.78, 5) is 9.25. The molecule has 0 saturated carbocycles. The largest absolute Gasteiger partial charge is 0.505 e. The third kappa shape index (κ3) is 5.79. The van der Waals surface area contributed by atoms with Gasteiger partial charge in [0.15, 0.2) is 0 Å². The molecule has 1 aliphatic rings. The van der Waals surface area contributed by atoms with E-state index in [-0.39, 0.29) is 0 Å². The zero-order valence-electron chi connectivity index (χ0n) is 21.2. The number of unbranched alkanes of at least 4 members (excludes halogenated alkanes) is 5. The summed E-state index contributed by atoms with van der Waals surface area (Å²) in [7, 11) is 0. The average molecular weight is 483 g/mol. The molecule has 0 fully saturated rings. The lowest BCUT2D eigenvalue weighted by Crippen LogP contribution is -2.14. The Kier molecular flexibility index (Phi) is 8.29. The fraction of sp³-hybridized carbons (Fsp3) is 0.419. The Morgan fingerprint density at radius 1 is 0.806 bits per heavy atom. The number of aryl methyl sites for hydroxylation is 1. The first-order valence-corrected chi connectivity index (χ1v) is 13.7. The highest BCUT2D eigenvalue weighted by atomic mass is 16.3. The van der Waals surface area contributed by atoms with E-state index in [9.17, 15) is 5.11 Å². The number of pyridine rings is 2. The highest BCUT2D eigenvalue weighted by molar-refractivity contribution is 5.93. The maximum atomic E-state index is 10.5. The lowest BCUT2D eigenvalue weighted by Gasteiger charge is -2.21. The molecule has 0 radical (unpaired) electrons. The molecule has 0 aliphatic heterocycles. The molecule has 2 aromatic carbocycles. The molecule has 5 rings (SSSR count). The molecule has 0 amide bonds. The van der Waals surface area contributed by atoms with Crippen molar-refractivity contribution in [2.75, 3.05) is 18.4 Å². The minimum absolute atomic E-state index is 0.300. The number of fused-ring (bicyclic) bond motifs is 3. The molecule has 5 nitrogen and oxygen atoms in total. The number of aromatic hydroxyl groups is 1. The summed E-state index contributed by atoms with van der Waals surface area (Å²) in [5.74, 6) is 0.300. The normalized spacial score (nSPS) is 13.2. The number of para-hydroxylation sites is 1. The van der Waals surface area contributed by atoms with Gasteiger partial charge in [-0.05, 0) is 62.8 Å². The van der Waals surface area contributed by atoms with Crippen molar-refractivity contribution < 1.29 is 5.11 Å². The Morgan fingerprint density at radius 2 is 1.61 bits per heavy atom. The summed E-state index contributed by atoms with van der Waals surface area (Å²) >= 11 is 0. The van der Waals surface area contributed by atoms with Gasteiger partial charge in [-0.2, -0.15) is 0 Å². The topological polar surface area (TPSA) is 70.1 Å². The summed E-state index contributed by atoms with van der Waals surface area (Å²) in [6.07, 6.45) is 14.0. The van der Waals surface area contributed by atoms with Crippen molar-refractivity contribution in [3.63, 3.8) is 0 Å². The summed E-state index contributed by atoms with van der Waals surface area (Å²) < 4.78 is 0. The fourth-order valence-corrected chi connectivity index (χ4v) is 5.41. The third-order valence-electron chi connectivity index (χ3n) is 7.40. The van der Waals surface area contributed by atoms with Crippen LogP contribution in [-0.4, -0.2) is 28.2 Å². The van der Waals surface area contributed by atoms with Crippen molar-refractivity contribution in [1.82, 2.24) is 15.3 Å². The number of hydrogen-bond donors (Lipinski definition) is 3. The van der Waals surface area contributed by atoms with Crippen molar-refractivity contribution in [3.05, 3.63) is 71.5 Å². The van der Waals surface area contributed by atoms with Gasteiger partial charge >= 0.3 is 0 Å². The van der Waals surface area contributed by atoms with Gasteiger partial charge in [0, 0.05) is 47.0 Å². The first-order chi connectivity index (χ1) is 17.8. The van der Waals surface area contributed by atoms with E-state index in [0.717, 1.165) is 42.4 Å². The number of phenolic OH excluding ortho intramolecular Hbond substituents is 1. The summed E-state index contributed by atoms with van der Waals surface area (Å²) in [6.45, 7) is 2.69. The highest BCUT2D eigenvalue weighted by Gasteiger charge is 2.17. The number of aromatic nitrogens is 2. The molecule has 0 spiro atoms. The van der Waals surface area contributed by atoms with E-state index in [2.05, 4.69) is 39.9 Å². The Balaban J connectivity index is 0.979. The molecule has 0 bridgehead atoms. The predicted molar refractivity (Wildman–Crippen MR) is 150 cm³/mol. The summed E-state index contributed by atoms with van der Waals surface area (Å²) in [6, 6.07) is 16.5. The Hall–Kier alpha value is -3.18. The van der Waals surface area contributed by atoms with Gasteiger partial charge in [0.25, 0.3) is 0 Å². The quantitative estimate of drug-likeness (QED) is 0.191. The van der Waals surface area contributed by atoms with E-state index in [1.165, 1.54) is 73.7 Å². The molecule has 3 N–H and O–H groups in total. The molecule has 4 aromatic rings. The number of nitrogens with one attached hydrogen (secondary N) is 2. The average Bonchev–Trinajstić information content (AvgIpc) is 2.92. The molecule has 0 atom stereocenters. The van der Waals surface area contributed by atoms with Gasteiger partial charge in [-0.3, -0.25) is 9.97 Å². The maximum absolute atomic E-state index is 10.5. The Bertz CT molecular complexity index is 1300. The number of benzene rings is 2. The van der Waals surface area contributed by atoms with E-state index >= 15 is 0 Å². The zero-order chi connectivity index (χ0) is 24.6. The molecule has 0 saturated heterocycles. The van der Waals surface area contributed by atoms with Gasteiger partial charge in [-0.25, -0.2) is 0 Å². The number of nitrogens with zero attached hydrogens (tertiary/aromatic N) is 2. The second kappa shape index (κ2) is 12.2. The minimum atomic E-state index is 0.300. The first kappa shape index (κ1) is 24.5. The van der Waals surface area contributed by atoms with E-state index in [1.54, 1.807) is 6.20 Å². The molecule has 5 heteroatoms. The van der Waals surface area contributed by atoms with Gasteiger partial charge in [0.1, 0.15) is 11.3 Å². The smallest absolute Gasteiger partial charge is 0.146 e. The summed E-state index contributed by atoms with van der Waals surface area (Å²) in [5, 5.41) is 20.0. The van der Waals surface area contributed by atoms with Gasteiger partial charge in [0.05, 0.1) is 5.52 Å². The van der Waals surface area contributed by atoms with Crippen molar-refractivity contribution in [2.24, 2.45) is 0 Å². The van der Waals surface area contributed by atoms with Crippen LogP contribution in [0, 0.1) is 0 Å². The van der Waals surface area contributed by atoms with Gasteiger partial charge in [-0.1, -0.05) is 62.1 Å². The second-order valence-corrected chi connectivity index (χ2v) is 10.0. The maximum Gasteiger partial charge on any atom is 0.146 e. The number of hydrogen-bond acceptors (Lipinski definition) is 5. The molecule has 0 unspecified atom stereocenters. The van der Waals surface area contributed by atoms with Crippen LogP contribution in [0.5, 0.6) is 5.75 Å². The molecular weight excluding hydrogens is 444 g/mol. The van der Waals surface area contributed by atoms with Gasteiger partial charge in [-0.15, -0.1) is 0 Å². The molecule has 188 valence electrons. The van der Waals surface area contributed by atoms with Crippen LogP contribution < -0.4 is 10.6 Å². The van der Waals surface area contributed by atoms with Crippen LogP contribution in [0.1, 0.15) is 68.2 Å². The molecule has 36 heavy (non-hydrogen) atoms. The van der Waals surface area contributed by atoms with Crippen LogP contribution in [0.2, 0.25) is 0 Å². The lowest BCUT2D eigenvalue weighted by atomic mass is 9.92.